The molecule has 0 unspecified atom stereocenters. The number of anilines is 2. The van der Waals surface area contributed by atoms with Gasteiger partial charge in [0.05, 0.1) is 19.8 Å². The van der Waals surface area contributed by atoms with Crippen molar-refractivity contribution in [2.75, 3.05) is 56.7 Å². The summed E-state index contributed by atoms with van der Waals surface area (Å²) in [6.07, 6.45) is 1.72. The summed E-state index contributed by atoms with van der Waals surface area (Å²) in [5, 5.41) is 2.97. The summed E-state index contributed by atoms with van der Waals surface area (Å²) in [5.74, 6) is 0.784. The lowest BCUT2D eigenvalue weighted by molar-refractivity contribution is -0.117. The number of nitrogens with zero attached hydrogens (tertiary/aromatic N) is 2. The van der Waals surface area contributed by atoms with E-state index in [1.807, 2.05) is 60.5 Å². The predicted molar refractivity (Wildman–Crippen MR) is 117 cm³/mol. The number of benzene rings is 2. The maximum absolute atomic E-state index is 12.4. The summed E-state index contributed by atoms with van der Waals surface area (Å²) in [6.45, 7) is 8.46. The van der Waals surface area contributed by atoms with E-state index in [1.165, 1.54) is 0 Å². The zero-order chi connectivity index (χ0) is 20.5. The Morgan fingerprint density at radius 1 is 1.17 bits per heavy atom. The van der Waals surface area contributed by atoms with Crippen LogP contribution in [0.1, 0.15) is 5.56 Å². The second-order valence-corrected chi connectivity index (χ2v) is 7.11. The molecule has 1 fully saturated rings. The molecule has 0 aromatic heterocycles. The number of ether oxygens (including phenoxy) is 2. The van der Waals surface area contributed by atoms with E-state index in [1.54, 1.807) is 6.08 Å². The fourth-order valence-corrected chi connectivity index (χ4v) is 3.24. The average Bonchev–Trinajstić information content (AvgIpc) is 2.74. The molecule has 2 aromatic rings. The van der Waals surface area contributed by atoms with Gasteiger partial charge in [0.15, 0.2) is 0 Å². The highest BCUT2D eigenvalue weighted by Crippen LogP contribution is 2.19. The molecule has 0 atom stereocenters. The number of amides is 1. The molecule has 1 N–H and O–H groups in total. The molecule has 154 valence electrons. The maximum Gasteiger partial charge on any atom is 0.238 e. The molecule has 1 heterocycles. The summed E-state index contributed by atoms with van der Waals surface area (Å²) in [5.41, 5.74) is 3.09. The number of carbonyl (C=O) groups excluding carboxylic acids is 1. The van der Waals surface area contributed by atoms with Crippen LogP contribution >= 0.6 is 0 Å². The molecular formula is C23H29N3O3. The van der Waals surface area contributed by atoms with Crippen molar-refractivity contribution >= 4 is 17.3 Å². The molecule has 0 bridgehead atoms. The third-order valence-electron chi connectivity index (χ3n) is 4.68. The minimum absolute atomic E-state index is 0.0300. The van der Waals surface area contributed by atoms with Gasteiger partial charge in [0.1, 0.15) is 12.4 Å². The Bertz CT molecular complexity index is 784. The molecule has 0 aliphatic carbocycles. The normalized spacial score (nSPS) is 13.9. The number of nitrogens with one attached hydrogen (secondary N) is 1. The minimum atomic E-state index is -0.0300. The zero-order valence-corrected chi connectivity index (χ0v) is 17.0. The van der Waals surface area contributed by atoms with E-state index in [9.17, 15) is 4.79 Å². The van der Waals surface area contributed by atoms with E-state index in [2.05, 4.69) is 16.8 Å². The first kappa shape index (κ1) is 20.9. The van der Waals surface area contributed by atoms with Crippen LogP contribution in [0.15, 0.2) is 61.2 Å². The van der Waals surface area contributed by atoms with E-state index in [-0.39, 0.29) is 5.91 Å². The standard InChI is InChI=1S/C23H29N3O3/c1-3-14-29-22-10-4-19(5-11-22)17-25(2)18-23(27)24-20-6-8-21(9-7-20)26-12-15-28-16-13-26/h3-11H,1,12-18H2,2H3,(H,24,27). The molecule has 0 radical (unpaired) electrons. The van der Waals surface area contributed by atoms with Gasteiger partial charge in [-0.3, -0.25) is 9.69 Å². The third kappa shape index (κ3) is 6.62. The quantitative estimate of drug-likeness (QED) is 0.661. The number of hydrogen-bond acceptors (Lipinski definition) is 5. The van der Waals surface area contributed by atoms with Crippen LogP contribution in [0.3, 0.4) is 0 Å². The highest BCUT2D eigenvalue weighted by atomic mass is 16.5. The highest BCUT2D eigenvalue weighted by Gasteiger charge is 2.12. The summed E-state index contributed by atoms with van der Waals surface area (Å²) in [7, 11) is 1.93. The molecule has 6 nitrogen and oxygen atoms in total. The fourth-order valence-electron chi connectivity index (χ4n) is 3.24. The van der Waals surface area contributed by atoms with Crippen LogP contribution in [0, 0.1) is 0 Å². The van der Waals surface area contributed by atoms with Crippen molar-refractivity contribution in [3.63, 3.8) is 0 Å². The molecule has 2 aromatic carbocycles. The molecule has 0 spiro atoms. The summed E-state index contributed by atoms with van der Waals surface area (Å²) in [6, 6.07) is 15.9. The number of carbonyl (C=O) groups is 1. The van der Waals surface area contributed by atoms with Crippen LogP contribution in [-0.4, -0.2) is 57.3 Å². The molecular weight excluding hydrogens is 366 g/mol. The molecule has 1 saturated heterocycles. The lowest BCUT2D eigenvalue weighted by Gasteiger charge is -2.28. The van der Waals surface area contributed by atoms with Crippen molar-refractivity contribution in [3.05, 3.63) is 66.7 Å². The lowest BCUT2D eigenvalue weighted by atomic mass is 10.2. The van der Waals surface area contributed by atoms with E-state index < -0.39 is 0 Å². The van der Waals surface area contributed by atoms with Gasteiger partial charge in [-0.05, 0) is 49.0 Å². The van der Waals surface area contributed by atoms with Gasteiger partial charge in [0.2, 0.25) is 5.91 Å². The third-order valence-corrected chi connectivity index (χ3v) is 4.68. The van der Waals surface area contributed by atoms with Gasteiger partial charge in [-0.1, -0.05) is 24.8 Å². The number of hydrogen-bond donors (Lipinski definition) is 1. The van der Waals surface area contributed by atoms with Crippen LogP contribution < -0.4 is 15.0 Å². The van der Waals surface area contributed by atoms with Gasteiger partial charge in [0.25, 0.3) is 0 Å². The summed E-state index contributed by atoms with van der Waals surface area (Å²) in [4.78, 5) is 16.6. The van der Waals surface area contributed by atoms with Crippen molar-refractivity contribution in [1.29, 1.82) is 0 Å². The molecule has 1 aliphatic heterocycles. The van der Waals surface area contributed by atoms with Gasteiger partial charge in [-0.25, -0.2) is 0 Å². The smallest absolute Gasteiger partial charge is 0.238 e. The first-order valence-corrected chi connectivity index (χ1v) is 9.88. The topological polar surface area (TPSA) is 54.0 Å². The first-order chi connectivity index (χ1) is 14.1. The Hall–Kier alpha value is -2.83. The molecule has 3 rings (SSSR count). The predicted octanol–water partition coefficient (Wildman–Crippen LogP) is 3.16. The minimum Gasteiger partial charge on any atom is -0.490 e. The van der Waals surface area contributed by atoms with Crippen LogP contribution in [0.2, 0.25) is 0 Å². The SMILES string of the molecule is C=CCOc1ccc(CN(C)CC(=O)Nc2ccc(N3CCOCC3)cc2)cc1. The lowest BCUT2D eigenvalue weighted by Crippen LogP contribution is -2.36. The van der Waals surface area contributed by atoms with Gasteiger partial charge < -0.3 is 19.7 Å². The number of likely N-dealkylation sites (N-methyl/N-ethyl adjacent to an activating group) is 1. The molecule has 1 amide bonds. The molecule has 0 saturated carbocycles. The highest BCUT2D eigenvalue weighted by molar-refractivity contribution is 5.92. The van der Waals surface area contributed by atoms with Crippen molar-refractivity contribution in [2.24, 2.45) is 0 Å². The van der Waals surface area contributed by atoms with Gasteiger partial charge in [-0.2, -0.15) is 0 Å². The molecule has 1 aliphatic rings. The molecule has 6 heteroatoms. The van der Waals surface area contributed by atoms with Crippen molar-refractivity contribution in [2.45, 2.75) is 6.54 Å². The van der Waals surface area contributed by atoms with Crippen LogP contribution in [-0.2, 0) is 16.1 Å². The Kier molecular flexibility index (Phi) is 7.67. The van der Waals surface area contributed by atoms with Crippen LogP contribution in [0.25, 0.3) is 0 Å². The zero-order valence-electron chi connectivity index (χ0n) is 17.0. The number of rotatable bonds is 9. The van der Waals surface area contributed by atoms with E-state index >= 15 is 0 Å². The largest absolute Gasteiger partial charge is 0.490 e. The Morgan fingerprint density at radius 3 is 2.52 bits per heavy atom. The second-order valence-electron chi connectivity index (χ2n) is 7.11. The average molecular weight is 396 g/mol. The van der Waals surface area contributed by atoms with E-state index in [0.29, 0.717) is 19.7 Å². The van der Waals surface area contributed by atoms with Crippen molar-refractivity contribution < 1.29 is 14.3 Å². The van der Waals surface area contributed by atoms with E-state index in [4.69, 9.17) is 9.47 Å². The second kappa shape index (κ2) is 10.6. The van der Waals surface area contributed by atoms with Crippen LogP contribution in [0.4, 0.5) is 11.4 Å². The summed E-state index contributed by atoms with van der Waals surface area (Å²) >= 11 is 0. The van der Waals surface area contributed by atoms with Crippen LogP contribution in [0.5, 0.6) is 5.75 Å². The Morgan fingerprint density at radius 2 is 1.86 bits per heavy atom. The Labute approximate surface area is 172 Å². The first-order valence-electron chi connectivity index (χ1n) is 9.88. The van der Waals surface area contributed by atoms with Gasteiger partial charge >= 0.3 is 0 Å². The Balaban J connectivity index is 1.45. The summed E-state index contributed by atoms with van der Waals surface area (Å²) < 4.78 is 10.9. The van der Waals surface area contributed by atoms with Crippen molar-refractivity contribution in [1.82, 2.24) is 4.90 Å². The maximum atomic E-state index is 12.4. The van der Waals surface area contributed by atoms with Crippen molar-refractivity contribution in [3.8, 4) is 5.75 Å². The monoisotopic (exact) mass is 395 g/mol. The van der Waals surface area contributed by atoms with Gasteiger partial charge in [-0.15, -0.1) is 0 Å². The van der Waals surface area contributed by atoms with Gasteiger partial charge in [0, 0.05) is 31.0 Å². The fraction of sp³-hybridized carbons (Fsp3) is 0.348. The molecule has 29 heavy (non-hydrogen) atoms. The van der Waals surface area contributed by atoms with E-state index in [0.717, 1.165) is 49.0 Å². The number of morpholine rings is 1.